The van der Waals surface area contributed by atoms with E-state index in [1.807, 2.05) is 0 Å². The van der Waals surface area contributed by atoms with E-state index in [2.05, 4.69) is 0 Å². The van der Waals surface area contributed by atoms with Crippen LogP contribution in [-0.4, -0.2) is 24.3 Å². The second kappa shape index (κ2) is 1.72. The third-order valence-electron chi connectivity index (χ3n) is 1.81. The van der Waals surface area contributed by atoms with E-state index in [9.17, 15) is 4.79 Å². The first-order valence-corrected chi connectivity index (χ1v) is 3.56. The molecule has 0 spiro atoms. The molecule has 2 aliphatic rings. The fourth-order valence-electron chi connectivity index (χ4n) is 0.688. The van der Waals surface area contributed by atoms with Gasteiger partial charge in [-0.3, -0.25) is 0 Å². The molecule has 1 aliphatic heterocycles. The van der Waals surface area contributed by atoms with E-state index >= 15 is 0 Å². The average molecular weight is 142 g/mol. The van der Waals surface area contributed by atoms with Gasteiger partial charge in [0.15, 0.2) is 5.60 Å². The lowest BCUT2D eigenvalue weighted by Crippen LogP contribution is -2.23. The molecular formula is C7H10O3. The molecule has 1 aliphatic carbocycles. The van der Waals surface area contributed by atoms with Gasteiger partial charge in [-0.15, -0.1) is 0 Å². The first-order valence-electron chi connectivity index (χ1n) is 3.56. The Bertz CT molecular complexity index is 168. The summed E-state index contributed by atoms with van der Waals surface area (Å²) in [6.07, 6.45) is 2.26. The highest BCUT2D eigenvalue weighted by Crippen LogP contribution is 2.32. The van der Waals surface area contributed by atoms with E-state index in [1.165, 1.54) is 0 Å². The summed E-state index contributed by atoms with van der Waals surface area (Å²) in [7, 11) is 0. The van der Waals surface area contributed by atoms with Crippen molar-refractivity contribution in [1.29, 1.82) is 0 Å². The largest absolute Gasteiger partial charge is 0.460 e. The molecule has 0 N–H and O–H groups in total. The molecule has 10 heavy (non-hydrogen) atoms. The summed E-state index contributed by atoms with van der Waals surface area (Å²) in [6, 6.07) is 0. The van der Waals surface area contributed by atoms with Crippen LogP contribution in [0.3, 0.4) is 0 Å². The maximum Gasteiger partial charge on any atom is 0.340 e. The van der Waals surface area contributed by atoms with E-state index in [0.717, 1.165) is 12.8 Å². The Labute approximate surface area is 59.3 Å². The molecular weight excluding hydrogens is 132 g/mol. The van der Waals surface area contributed by atoms with Crippen molar-refractivity contribution >= 4 is 5.97 Å². The zero-order valence-electron chi connectivity index (χ0n) is 5.92. The maximum absolute atomic E-state index is 11.0. The summed E-state index contributed by atoms with van der Waals surface area (Å²) in [5.41, 5.74) is -0.581. The van der Waals surface area contributed by atoms with Crippen LogP contribution in [0.2, 0.25) is 0 Å². The fraction of sp³-hybridized carbons (Fsp3) is 0.857. The first-order chi connectivity index (χ1) is 4.71. The van der Waals surface area contributed by atoms with Crippen LogP contribution in [0.5, 0.6) is 0 Å². The van der Waals surface area contributed by atoms with Gasteiger partial charge in [-0.2, -0.15) is 0 Å². The van der Waals surface area contributed by atoms with E-state index in [1.54, 1.807) is 6.92 Å². The van der Waals surface area contributed by atoms with E-state index < -0.39 is 5.60 Å². The van der Waals surface area contributed by atoms with Crippen LogP contribution >= 0.6 is 0 Å². The van der Waals surface area contributed by atoms with Gasteiger partial charge in [-0.1, -0.05) is 0 Å². The van der Waals surface area contributed by atoms with Gasteiger partial charge in [-0.25, -0.2) is 4.79 Å². The summed E-state index contributed by atoms with van der Waals surface area (Å²) in [5, 5.41) is 0. The number of esters is 1. The highest BCUT2D eigenvalue weighted by atomic mass is 16.6. The molecule has 0 aromatic heterocycles. The number of rotatable bonds is 2. The van der Waals surface area contributed by atoms with Crippen LogP contribution < -0.4 is 0 Å². The van der Waals surface area contributed by atoms with Crippen LogP contribution in [0, 0.1) is 0 Å². The predicted molar refractivity (Wildman–Crippen MR) is 33.5 cm³/mol. The third-order valence-corrected chi connectivity index (χ3v) is 1.81. The molecule has 2 fully saturated rings. The second-order valence-electron chi connectivity index (χ2n) is 3.12. The van der Waals surface area contributed by atoms with Crippen molar-refractivity contribution in [3.63, 3.8) is 0 Å². The molecule has 56 valence electrons. The zero-order chi connectivity index (χ0) is 7.19. The molecule has 0 aromatic rings. The lowest BCUT2D eigenvalue weighted by molar-refractivity contribution is -0.150. The molecule has 1 unspecified atom stereocenters. The quantitative estimate of drug-likeness (QED) is 0.416. The van der Waals surface area contributed by atoms with Gasteiger partial charge in [-0.05, 0) is 19.8 Å². The van der Waals surface area contributed by atoms with Crippen LogP contribution in [-0.2, 0) is 14.3 Å². The van der Waals surface area contributed by atoms with E-state index in [-0.39, 0.29) is 12.1 Å². The molecule has 0 bridgehead atoms. The summed E-state index contributed by atoms with van der Waals surface area (Å²) in [4.78, 5) is 11.0. The van der Waals surface area contributed by atoms with Gasteiger partial charge in [0, 0.05) is 0 Å². The minimum Gasteiger partial charge on any atom is -0.460 e. The van der Waals surface area contributed by atoms with Crippen molar-refractivity contribution in [3.8, 4) is 0 Å². The number of epoxide rings is 1. The molecule has 0 aromatic carbocycles. The van der Waals surface area contributed by atoms with Gasteiger partial charge < -0.3 is 9.47 Å². The molecule has 0 radical (unpaired) electrons. The van der Waals surface area contributed by atoms with Crippen molar-refractivity contribution in [1.82, 2.24) is 0 Å². The number of hydrogen-bond acceptors (Lipinski definition) is 3. The molecule has 2 rings (SSSR count). The Balaban J connectivity index is 1.85. The molecule has 1 saturated carbocycles. The van der Waals surface area contributed by atoms with Crippen LogP contribution in [0.4, 0.5) is 0 Å². The Morgan fingerprint density at radius 2 is 2.30 bits per heavy atom. The lowest BCUT2D eigenvalue weighted by Gasteiger charge is -2.03. The lowest BCUT2D eigenvalue weighted by atomic mass is 10.2. The Kier molecular flexibility index (Phi) is 1.06. The number of hydrogen-bond donors (Lipinski definition) is 0. The van der Waals surface area contributed by atoms with Crippen LogP contribution in [0.15, 0.2) is 0 Å². The number of ether oxygens (including phenoxy) is 2. The smallest absolute Gasteiger partial charge is 0.340 e. The molecule has 3 heteroatoms. The normalized spacial score (nSPS) is 37.3. The first kappa shape index (κ1) is 6.16. The summed E-state index contributed by atoms with van der Waals surface area (Å²) in [6.45, 7) is 2.29. The van der Waals surface area contributed by atoms with Gasteiger partial charge in [0.1, 0.15) is 6.10 Å². The molecule has 1 heterocycles. The minimum atomic E-state index is -0.581. The van der Waals surface area contributed by atoms with Crippen LogP contribution in [0.25, 0.3) is 0 Å². The Morgan fingerprint density at radius 1 is 1.70 bits per heavy atom. The second-order valence-corrected chi connectivity index (χ2v) is 3.12. The minimum absolute atomic E-state index is 0.185. The molecule has 0 amide bonds. The number of carbonyl (C=O) groups excluding carboxylic acids is 1. The SMILES string of the molecule is CC1(C(=O)OC2CC2)CO1. The average Bonchev–Trinajstić information content (AvgIpc) is 2.67. The van der Waals surface area contributed by atoms with Crippen molar-refractivity contribution < 1.29 is 14.3 Å². The van der Waals surface area contributed by atoms with E-state index in [4.69, 9.17) is 9.47 Å². The fourth-order valence-corrected chi connectivity index (χ4v) is 0.688. The highest BCUT2D eigenvalue weighted by Gasteiger charge is 2.50. The standard InChI is InChI=1S/C7H10O3/c1-7(4-9-7)6(8)10-5-2-3-5/h5H,2-4H2,1H3. The van der Waals surface area contributed by atoms with Gasteiger partial charge in [0.2, 0.25) is 0 Å². The zero-order valence-corrected chi connectivity index (χ0v) is 5.92. The highest BCUT2D eigenvalue weighted by molar-refractivity contribution is 5.82. The van der Waals surface area contributed by atoms with Gasteiger partial charge >= 0.3 is 5.97 Å². The molecule has 1 atom stereocenters. The summed E-state index contributed by atoms with van der Waals surface area (Å²) < 4.78 is 9.94. The van der Waals surface area contributed by atoms with Crippen molar-refractivity contribution in [2.45, 2.75) is 31.5 Å². The van der Waals surface area contributed by atoms with Crippen LogP contribution in [0.1, 0.15) is 19.8 Å². The summed E-state index contributed by atoms with van der Waals surface area (Å²) in [5.74, 6) is -0.185. The summed E-state index contributed by atoms with van der Waals surface area (Å²) >= 11 is 0. The monoisotopic (exact) mass is 142 g/mol. The number of carbonyl (C=O) groups is 1. The molecule has 1 saturated heterocycles. The maximum atomic E-state index is 11.0. The van der Waals surface area contributed by atoms with Gasteiger partial charge in [0.25, 0.3) is 0 Å². The Hall–Kier alpha value is -0.570. The third kappa shape index (κ3) is 1.01. The topological polar surface area (TPSA) is 38.8 Å². The predicted octanol–water partition coefficient (Wildman–Crippen LogP) is 0.481. The van der Waals surface area contributed by atoms with Gasteiger partial charge in [0.05, 0.1) is 6.61 Å². The van der Waals surface area contributed by atoms with Crippen molar-refractivity contribution in [2.75, 3.05) is 6.61 Å². The van der Waals surface area contributed by atoms with Crippen molar-refractivity contribution in [2.24, 2.45) is 0 Å². The molecule has 3 nitrogen and oxygen atoms in total. The van der Waals surface area contributed by atoms with E-state index in [0.29, 0.717) is 6.61 Å². The Morgan fingerprint density at radius 3 is 2.70 bits per heavy atom. The van der Waals surface area contributed by atoms with Crippen molar-refractivity contribution in [3.05, 3.63) is 0 Å².